The van der Waals surface area contributed by atoms with Gasteiger partial charge >= 0.3 is 11.8 Å². The Morgan fingerprint density at radius 1 is 1.40 bits per heavy atom. The maximum atomic E-state index is 11.7. The summed E-state index contributed by atoms with van der Waals surface area (Å²) in [6.45, 7) is 1.12. The van der Waals surface area contributed by atoms with Crippen LogP contribution in [0, 0.1) is 0 Å². The van der Waals surface area contributed by atoms with Crippen LogP contribution < -0.4 is 10.6 Å². The molecule has 20 heavy (non-hydrogen) atoms. The van der Waals surface area contributed by atoms with E-state index in [4.69, 9.17) is 4.74 Å². The van der Waals surface area contributed by atoms with Gasteiger partial charge in [-0.3, -0.25) is 9.59 Å². The lowest BCUT2D eigenvalue weighted by Gasteiger charge is -2.11. The van der Waals surface area contributed by atoms with Gasteiger partial charge in [-0.2, -0.15) is 0 Å². The molecule has 6 heteroatoms. The second kappa shape index (κ2) is 7.31. The van der Waals surface area contributed by atoms with Crippen LogP contribution in [0.4, 0.5) is 5.69 Å². The van der Waals surface area contributed by atoms with E-state index in [1.165, 1.54) is 0 Å². The van der Waals surface area contributed by atoms with Gasteiger partial charge in [-0.25, -0.2) is 0 Å². The van der Waals surface area contributed by atoms with Crippen molar-refractivity contribution in [2.24, 2.45) is 0 Å². The Bertz CT molecular complexity index is 487. The Kier molecular flexibility index (Phi) is 5.43. The summed E-state index contributed by atoms with van der Waals surface area (Å²) < 4.78 is 5.38. The number of amides is 2. The molecule has 0 aromatic heterocycles. The minimum Gasteiger partial charge on any atom is -0.376 e. The molecule has 1 aromatic carbocycles. The van der Waals surface area contributed by atoms with Gasteiger partial charge < -0.3 is 15.4 Å². The summed E-state index contributed by atoms with van der Waals surface area (Å²) >= 11 is 1.58. The number of rotatable bonds is 4. The highest BCUT2D eigenvalue weighted by atomic mass is 32.2. The number of carbonyl (C=O) groups excluding carboxylic acids is 2. The Morgan fingerprint density at radius 2 is 2.25 bits per heavy atom. The first kappa shape index (κ1) is 14.9. The summed E-state index contributed by atoms with van der Waals surface area (Å²) in [7, 11) is 0. The van der Waals surface area contributed by atoms with Crippen molar-refractivity contribution in [1.82, 2.24) is 5.32 Å². The standard InChI is InChI=1S/C14H18N2O3S/c1-20-12-6-2-4-10(8-12)16-14(18)13(17)15-9-11-5-3-7-19-11/h2,4,6,8,11H,3,5,7,9H2,1H3,(H,15,17)(H,16,18). The zero-order chi connectivity index (χ0) is 14.4. The summed E-state index contributed by atoms with van der Waals surface area (Å²) in [6, 6.07) is 7.37. The van der Waals surface area contributed by atoms with Gasteiger partial charge in [0, 0.05) is 23.7 Å². The second-order valence-corrected chi connectivity index (χ2v) is 5.41. The van der Waals surface area contributed by atoms with Gasteiger partial charge in [-0.05, 0) is 37.3 Å². The third-order valence-electron chi connectivity index (χ3n) is 3.05. The van der Waals surface area contributed by atoms with Gasteiger partial charge in [-0.15, -0.1) is 11.8 Å². The van der Waals surface area contributed by atoms with Gasteiger partial charge in [0.1, 0.15) is 0 Å². The van der Waals surface area contributed by atoms with Crippen molar-refractivity contribution in [3.8, 4) is 0 Å². The van der Waals surface area contributed by atoms with Crippen molar-refractivity contribution < 1.29 is 14.3 Å². The van der Waals surface area contributed by atoms with Gasteiger partial charge in [-0.1, -0.05) is 6.07 Å². The van der Waals surface area contributed by atoms with E-state index in [9.17, 15) is 9.59 Å². The molecule has 1 aromatic rings. The molecule has 1 fully saturated rings. The molecule has 1 unspecified atom stereocenters. The lowest BCUT2D eigenvalue weighted by Crippen LogP contribution is -2.39. The first-order valence-electron chi connectivity index (χ1n) is 6.54. The number of anilines is 1. The summed E-state index contributed by atoms with van der Waals surface area (Å²) in [6.07, 6.45) is 3.92. The smallest absolute Gasteiger partial charge is 0.313 e. The predicted octanol–water partition coefficient (Wildman–Crippen LogP) is 1.64. The van der Waals surface area contributed by atoms with Crippen LogP contribution >= 0.6 is 11.8 Å². The maximum absolute atomic E-state index is 11.7. The molecule has 2 amide bonds. The molecule has 2 N–H and O–H groups in total. The molecule has 2 rings (SSSR count). The zero-order valence-corrected chi connectivity index (χ0v) is 12.2. The maximum Gasteiger partial charge on any atom is 0.313 e. The lowest BCUT2D eigenvalue weighted by atomic mass is 10.2. The molecule has 0 spiro atoms. The van der Waals surface area contributed by atoms with Crippen LogP contribution in [0.1, 0.15) is 12.8 Å². The van der Waals surface area contributed by atoms with Crippen LogP contribution in [0.3, 0.4) is 0 Å². The molecular formula is C14H18N2O3S. The van der Waals surface area contributed by atoms with E-state index in [0.29, 0.717) is 12.2 Å². The van der Waals surface area contributed by atoms with Crippen LogP contribution in [0.5, 0.6) is 0 Å². The molecule has 1 aliphatic heterocycles. The van der Waals surface area contributed by atoms with Crippen molar-refractivity contribution in [3.05, 3.63) is 24.3 Å². The van der Waals surface area contributed by atoms with Crippen LogP contribution in [0.15, 0.2) is 29.2 Å². The van der Waals surface area contributed by atoms with Gasteiger partial charge in [0.05, 0.1) is 6.10 Å². The summed E-state index contributed by atoms with van der Waals surface area (Å²) in [4.78, 5) is 24.5. The van der Waals surface area contributed by atoms with Crippen LogP contribution in [-0.2, 0) is 14.3 Å². The fraction of sp³-hybridized carbons (Fsp3) is 0.429. The monoisotopic (exact) mass is 294 g/mol. The Hall–Kier alpha value is -1.53. The first-order valence-corrected chi connectivity index (χ1v) is 7.76. The Labute approximate surface area is 122 Å². The second-order valence-electron chi connectivity index (χ2n) is 4.53. The molecule has 1 aliphatic rings. The van der Waals surface area contributed by atoms with Crippen molar-refractivity contribution in [2.75, 3.05) is 24.7 Å². The van der Waals surface area contributed by atoms with Crippen LogP contribution in [-0.4, -0.2) is 37.3 Å². The van der Waals surface area contributed by atoms with Gasteiger partial charge in [0.25, 0.3) is 0 Å². The highest BCUT2D eigenvalue weighted by Crippen LogP contribution is 2.18. The number of hydrogen-bond donors (Lipinski definition) is 2. The first-order chi connectivity index (χ1) is 9.69. The molecule has 0 bridgehead atoms. The molecule has 0 radical (unpaired) electrons. The molecule has 0 saturated carbocycles. The normalized spacial score (nSPS) is 17.8. The van der Waals surface area contributed by atoms with Crippen LogP contribution in [0.2, 0.25) is 0 Å². The van der Waals surface area contributed by atoms with Crippen molar-refractivity contribution >= 4 is 29.3 Å². The number of hydrogen-bond acceptors (Lipinski definition) is 4. The number of ether oxygens (including phenoxy) is 1. The van der Waals surface area contributed by atoms with E-state index in [0.717, 1.165) is 24.3 Å². The number of thioether (sulfide) groups is 1. The van der Waals surface area contributed by atoms with E-state index in [-0.39, 0.29) is 6.10 Å². The summed E-state index contributed by atoms with van der Waals surface area (Å²) in [5, 5.41) is 5.18. The minimum atomic E-state index is -0.652. The average molecular weight is 294 g/mol. The summed E-state index contributed by atoms with van der Waals surface area (Å²) in [5.74, 6) is -1.28. The van der Waals surface area contributed by atoms with E-state index in [2.05, 4.69) is 10.6 Å². The largest absolute Gasteiger partial charge is 0.376 e. The van der Waals surface area contributed by atoms with Gasteiger partial charge in [0.15, 0.2) is 0 Å². The number of carbonyl (C=O) groups is 2. The highest BCUT2D eigenvalue weighted by molar-refractivity contribution is 7.98. The van der Waals surface area contributed by atoms with Crippen LogP contribution in [0.25, 0.3) is 0 Å². The van der Waals surface area contributed by atoms with Crippen molar-refractivity contribution in [3.63, 3.8) is 0 Å². The molecular weight excluding hydrogens is 276 g/mol. The zero-order valence-electron chi connectivity index (χ0n) is 11.3. The third-order valence-corrected chi connectivity index (χ3v) is 3.77. The minimum absolute atomic E-state index is 0.0339. The fourth-order valence-corrected chi connectivity index (χ4v) is 2.44. The number of benzene rings is 1. The quantitative estimate of drug-likeness (QED) is 0.654. The topological polar surface area (TPSA) is 67.4 Å². The van der Waals surface area contributed by atoms with E-state index in [1.54, 1.807) is 17.8 Å². The Morgan fingerprint density at radius 3 is 2.95 bits per heavy atom. The van der Waals surface area contributed by atoms with Crippen molar-refractivity contribution in [1.29, 1.82) is 0 Å². The highest BCUT2D eigenvalue weighted by Gasteiger charge is 2.19. The fourth-order valence-electron chi connectivity index (χ4n) is 1.98. The molecule has 1 saturated heterocycles. The molecule has 0 aliphatic carbocycles. The van der Waals surface area contributed by atoms with E-state index < -0.39 is 11.8 Å². The summed E-state index contributed by atoms with van der Waals surface area (Å²) in [5.41, 5.74) is 0.620. The van der Waals surface area contributed by atoms with Gasteiger partial charge in [0.2, 0.25) is 0 Å². The third kappa shape index (κ3) is 4.25. The SMILES string of the molecule is CSc1cccc(NC(=O)C(=O)NCC2CCCO2)c1. The molecule has 1 atom stereocenters. The molecule has 1 heterocycles. The van der Waals surface area contributed by atoms with Crippen molar-refractivity contribution in [2.45, 2.75) is 23.8 Å². The number of nitrogens with one attached hydrogen (secondary N) is 2. The Balaban J connectivity index is 1.82. The average Bonchev–Trinajstić information content (AvgIpc) is 2.98. The molecule has 5 nitrogen and oxygen atoms in total. The predicted molar refractivity (Wildman–Crippen MR) is 78.8 cm³/mol. The van der Waals surface area contributed by atoms with E-state index in [1.807, 2.05) is 24.5 Å². The lowest BCUT2D eigenvalue weighted by molar-refractivity contribution is -0.136. The van der Waals surface area contributed by atoms with E-state index >= 15 is 0 Å². The molecule has 108 valence electrons.